The average molecular weight is 328 g/mol. The lowest BCUT2D eigenvalue weighted by atomic mass is 10.2. The number of rotatable bonds is 5. The Morgan fingerprint density at radius 3 is 2.67 bits per heavy atom. The van der Waals surface area contributed by atoms with Crippen LogP contribution in [-0.4, -0.2) is 23.7 Å². The number of nitrogens with one attached hydrogen (secondary N) is 1. The molecule has 0 saturated carbocycles. The summed E-state index contributed by atoms with van der Waals surface area (Å²) in [5, 5.41) is 3.03. The number of nitrogens with zero attached hydrogens (tertiary/aromatic N) is 2. The number of pyridine rings is 1. The number of hydrogen-bond acceptors (Lipinski definition) is 4. The number of aromatic nitrogens is 1. The first-order valence-corrected chi connectivity index (χ1v) is 7.71. The van der Waals surface area contributed by atoms with Crippen molar-refractivity contribution < 1.29 is 9.47 Å². The van der Waals surface area contributed by atoms with Crippen molar-refractivity contribution in [3.05, 3.63) is 48.2 Å². The molecule has 6 nitrogen and oxygen atoms in total. The molecule has 2 rings (SSSR count). The van der Waals surface area contributed by atoms with E-state index >= 15 is 0 Å². The molecular formula is C18H24N4O2. The second-order valence-corrected chi connectivity index (χ2v) is 6.28. The zero-order valence-corrected chi connectivity index (χ0v) is 14.5. The molecule has 0 radical (unpaired) electrons. The van der Waals surface area contributed by atoms with Crippen LogP contribution in [0.3, 0.4) is 0 Å². The Morgan fingerprint density at radius 1 is 1.25 bits per heavy atom. The first-order valence-electron chi connectivity index (χ1n) is 7.71. The molecule has 6 heteroatoms. The second kappa shape index (κ2) is 7.68. The average Bonchev–Trinajstić information content (AvgIpc) is 2.53. The highest BCUT2D eigenvalue weighted by molar-refractivity contribution is 5.92. The third-order valence-corrected chi connectivity index (χ3v) is 2.98. The lowest BCUT2D eigenvalue weighted by Crippen LogP contribution is -2.23. The van der Waals surface area contributed by atoms with Crippen LogP contribution < -0.4 is 20.5 Å². The number of anilines is 1. The first kappa shape index (κ1) is 17.6. The minimum Gasteiger partial charge on any atom is -0.497 e. The number of nitrogens with two attached hydrogens (primary N) is 1. The summed E-state index contributed by atoms with van der Waals surface area (Å²) >= 11 is 0. The molecule has 0 bridgehead atoms. The summed E-state index contributed by atoms with van der Waals surface area (Å²) in [5.74, 6) is 1.68. The molecule has 0 atom stereocenters. The van der Waals surface area contributed by atoms with E-state index in [9.17, 15) is 0 Å². The summed E-state index contributed by atoms with van der Waals surface area (Å²) < 4.78 is 10.9. The lowest BCUT2D eigenvalue weighted by molar-refractivity contribution is 0.124. The highest BCUT2D eigenvalue weighted by Gasteiger charge is 2.12. The Balaban J connectivity index is 1.94. The van der Waals surface area contributed by atoms with Crippen LogP contribution in [-0.2, 0) is 6.54 Å². The van der Waals surface area contributed by atoms with Gasteiger partial charge < -0.3 is 20.5 Å². The van der Waals surface area contributed by atoms with E-state index in [0.717, 1.165) is 17.0 Å². The number of benzene rings is 1. The minimum absolute atomic E-state index is 0.266. The SMILES string of the molecule is COc1cccc(NC(N)=NCc2ccc(OC(C)(C)C)nc2)c1. The number of methoxy groups -OCH3 is 1. The first-order chi connectivity index (χ1) is 11.4. The Bertz CT molecular complexity index is 691. The largest absolute Gasteiger partial charge is 0.497 e. The third-order valence-electron chi connectivity index (χ3n) is 2.98. The molecule has 3 N–H and O–H groups in total. The molecule has 0 spiro atoms. The second-order valence-electron chi connectivity index (χ2n) is 6.28. The fourth-order valence-electron chi connectivity index (χ4n) is 1.94. The summed E-state index contributed by atoms with van der Waals surface area (Å²) in [6, 6.07) is 11.3. The van der Waals surface area contributed by atoms with Gasteiger partial charge >= 0.3 is 0 Å². The fourth-order valence-corrected chi connectivity index (χ4v) is 1.94. The van der Waals surface area contributed by atoms with Crippen LogP contribution in [0.2, 0.25) is 0 Å². The highest BCUT2D eigenvalue weighted by atomic mass is 16.5. The Hall–Kier alpha value is -2.76. The lowest BCUT2D eigenvalue weighted by Gasteiger charge is -2.20. The van der Waals surface area contributed by atoms with Crippen molar-refractivity contribution in [3.63, 3.8) is 0 Å². The van der Waals surface area contributed by atoms with E-state index in [1.807, 2.05) is 57.2 Å². The summed E-state index contributed by atoms with van der Waals surface area (Å²) in [4.78, 5) is 8.59. The van der Waals surface area contributed by atoms with Crippen molar-refractivity contribution in [2.45, 2.75) is 32.9 Å². The Kier molecular flexibility index (Phi) is 5.63. The molecule has 0 fully saturated rings. The van der Waals surface area contributed by atoms with Gasteiger partial charge in [0.25, 0.3) is 0 Å². The van der Waals surface area contributed by atoms with E-state index in [0.29, 0.717) is 18.4 Å². The van der Waals surface area contributed by atoms with E-state index in [-0.39, 0.29) is 5.60 Å². The maximum atomic E-state index is 5.91. The van der Waals surface area contributed by atoms with Crippen molar-refractivity contribution >= 4 is 11.6 Å². The normalized spacial score (nSPS) is 11.9. The summed E-state index contributed by atoms with van der Waals surface area (Å²) in [7, 11) is 1.62. The van der Waals surface area contributed by atoms with Crippen molar-refractivity contribution in [2.24, 2.45) is 10.7 Å². The molecule has 0 unspecified atom stereocenters. The number of ether oxygens (including phenoxy) is 2. The number of aliphatic imine (C=N–C) groups is 1. The Morgan fingerprint density at radius 2 is 2.04 bits per heavy atom. The quantitative estimate of drug-likeness (QED) is 0.650. The smallest absolute Gasteiger partial charge is 0.213 e. The zero-order valence-electron chi connectivity index (χ0n) is 14.5. The van der Waals surface area contributed by atoms with E-state index in [4.69, 9.17) is 15.2 Å². The van der Waals surface area contributed by atoms with Gasteiger partial charge in [0.2, 0.25) is 5.88 Å². The maximum Gasteiger partial charge on any atom is 0.213 e. The Labute approximate surface area is 142 Å². The van der Waals surface area contributed by atoms with Crippen LogP contribution in [0.5, 0.6) is 11.6 Å². The molecule has 0 aliphatic rings. The van der Waals surface area contributed by atoms with Gasteiger partial charge in [-0.05, 0) is 38.5 Å². The van der Waals surface area contributed by atoms with Crippen LogP contribution >= 0.6 is 0 Å². The van der Waals surface area contributed by atoms with Gasteiger partial charge in [-0.25, -0.2) is 9.98 Å². The van der Waals surface area contributed by atoms with Gasteiger partial charge in [-0.3, -0.25) is 0 Å². The standard InChI is InChI=1S/C18H24N4O2/c1-18(2,3)24-16-9-8-13(11-20-16)12-21-17(19)22-14-6-5-7-15(10-14)23-4/h5-11H,12H2,1-4H3,(H3,19,21,22). The van der Waals surface area contributed by atoms with E-state index in [1.54, 1.807) is 13.3 Å². The molecule has 1 aromatic heterocycles. The summed E-state index contributed by atoms with van der Waals surface area (Å²) in [6.45, 7) is 6.39. The molecule has 24 heavy (non-hydrogen) atoms. The van der Waals surface area contributed by atoms with Gasteiger partial charge in [-0.15, -0.1) is 0 Å². The van der Waals surface area contributed by atoms with E-state index < -0.39 is 0 Å². The molecular weight excluding hydrogens is 304 g/mol. The summed E-state index contributed by atoms with van der Waals surface area (Å²) in [5.41, 5.74) is 7.42. The topological polar surface area (TPSA) is 81.8 Å². The van der Waals surface area contributed by atoms with Crippen LogP contribution in [0.15, 0.2) is 47.6 Å². The molecule has 128 valence electrons. The van der Waals surface area contributed by atoms with Crippen molar-refractivity contribution in [2.75, 3.05) is 12.4 Å². The van der Waals surface area contributed by atoms with Gasteiger partial charge in [-0.1, -0.05) is 12.1 Å². The molecule has 0 aliphatic carbocycles. The highest BCUT2D eigenvalue weighted by Crippen LogP contribution is 2.17. The van der Waals surface area contributed by atoms with Gasteiger partial charge in [0.1, 0.15) is 11.4 Å². The summed E-state index contributed by atoms with van der Waals surface area (Å²) in [6.07, 6.45) is 1.74. The van der Waals surface area contributed by atoms with Gasteiger partial charge in [0.05, 0.1) is 13.7 Å². The third kappa shape index (κ3) is 5.79. The minimum atomic E-state index is -0.266. The maximum absolute atomic E-state index is 5.91. The van der Waals surface area contributed by atoms with Crippen molar-refractivity contribution in [1.29, 1.82) is 0 Å². The van der Waals surface area contributed by atoms with Gasteiger partial charge in [-0.2, -0.15) is 0 Å². The molecule has 1 heterocycles. The molecule has 0 aliphatic heterocycles. The van der Waals surface area contributed by atoms with Crippen LogP contribution in [0.25, 0.3) is 0 Å². The van der Waals surface area contributed by atoms with Crippen molar-refractivity contribution in [3.8, 4) is 11.6 Å². The number of guanidine groups is 1. The fraction of sp³-hybridized carbons (Fsp3) is 0.333. The predicted molar refractivity (Wildman–Crippen MR) is 96.6 cm³/mol. The molecule has 1 aromatic carbocycles. The van der Waals surface area contributed by atoms with Crippen molar-refractivity contribution in [1.82, 2.24) is 4.98 Å². The van der Waals surface area contributed by atoms with Gasteiger partial charge in [0, 0.05) is 24.0 Å². The number of hydrogen-bond donors (Lipinski definition) is 2. The van der Waals surface area contributed by atoms with Crippen LogP contribution in [0.4, 0.5) is 5.69 Å². The molecule has 0 saturated heterocycles. The molecule has 0 amide bonds. The zero-order chi connectivity index (χ0) is 17.6. The van der Waals surface area contributed by atoms with E-state index in [2.05, 4.69) is 15.3 Å². The monoisotopic (exact) mass is 328 g/mol. The van der Waals surface area contributed by atoms with E-state index in [1.165, 1.54) is 0 Å². The molecule has 2 aromatic rings. The van der Waals surface area contributed by atoms with Crippen LogP contribution in [0, 0.1) is 0 Å². The van der Waals surface area contributed by atoms with Gasteiger partial charge in [0.15, 0.2) is 5.96 Å². The van der Waals surface area contributed by atoms with Crippen LogP contribution in [0.1, 0.15) is 26.3 Å². The predicted octanol–water partition coefficient (Wildman–Crippen LogP) is 3.19.